The average molecular weight is 364 g/mol. The van der Waals surface area contributed by atoms with Gasteiger partial charge in [0, 0.05) is 20.1 Å². The molecule has 0 aliphatic heterocycles. The molecule has 0 saturated heterocycles. The third-order valence-electron chi connectivity index (χ3n) is 4.10. The van der Waals surface area contributed by atoms with Crippen LogP contribution in [0.3, 0.4) is 0 Å². The molecule has 0 fully saturated rings. The van der Waals surface area contributed by atoms with Crippen molar-refractivity contribution in [1.82, 2.24) is 10.2 Å². The summed E-state index contributed by atoms with van der Waals surface area (Å²) in [5.74, 6) is 0.355. The van der Waals surface area contributed by atoms with Crippen LogP contribution >= 0.6 is 0 Å². The van der Waals surface area contributed by atoms with Crippen LogP contribution in [0.15, 0.2) is 18.2 Å². The third kappa shape index (κ3) is 8.23. The fraction of sp³-hybridized carbons (Fsp3) is 0.600. The lowest BCUT2D eigenvalue weighted by atomic mass is 10.1. The predicted molar refractivity (Wildman–Crippen MR) is 106 cm³/mol. The molecule has 0 bridgehead atoms. The van der Waals surface area contributed by atoms with E-state index in [0.29, 0.717) is 11.4 Å². The van der Waals surface area contributed by atoms with Crippen molar-refractivity contribution in [2.24, 2.45) is 0 Å². The zero-order valence-corrected chi connectivity index (χ0v) is 16.7. The SMILES string of the molecule is CCCCCCC(C)NC(=O)Nc1ccc(C)cc1OCC(=O)N(C)C. The van der Waals surface area contributed by atoms with Crippen LogP contribution in [-0.4, -0.2) is 43.6 Å². The van der Waals surface area contributed by atoms with Gasteiger partial charge < -0.3 is 20.3 Å². The maximum Gasteiger partial charge on any atom is 0.319 e. The lowest BCUT2D eigenvalue weighted by molar-refractivity contribution is -0.130. The zero-order valence-electron chi connectivity index (χ0n) is 16.7. The van der Waals surface area contributed by atoms with Gasteiger partial charge in [0.1, 0.15) is 5.75 Å². The molecule has 0 aliphatic carbocycles. The number of ether oxygens (including phenoxy) is 1. The van der Waals surface area contributed by atoms with Crippen LogP contribution in [0.1, 0.15) is 51.5 Å². The molecule has 0 aromatic heterocycles. The highest BCUT2D eigenvalue weighted by Crippen LogP contribution is 2.25. The fourth-order valence-corrected chi connectivity index (χ4v) is 2.45. The molecular weight excluding hydrogens is 330 g/mol. The minimum atomic E-state index is -0.263. The molecule has 1 atom stereocenters. The number of nitrogens with one attached hydrogen (secondary N) is 2. The number of unbranched alkanes of at least 4 members (excludes halogenated alkanes) is 3. The van der Waals surface area contributed by atoms with Gasteiger partial charge >= 0.3 is 6.03 Å². The molecule has 0 saturated carbocycles. The van der Waals surface area contributed by atoms with E-state index in [4.69, 9.17) is 4.74 Å². The van der Waals surface area contributed by atoms with Crippen LogP contribution in [0.5, 0.6) is 5.75 Å². The Kier molecular flexibility index (Phi) is 9.55. The monoisotopic (exact) mass is 363 g/mol. The topological polar surface area (TPSA) is 70.7 Å². The number of amides is 3. The van der Waals surface area contributed by atoms with Crippen LogP contribution in [0.2, 0.25) is 0 Å². The summed E-state index contributed by atoms with van der Waals surface area (Å²) >= 11 is 0. The lowest BCUT2D eigenvalue weighted by Gasteiger charge is -2.17. The second-order valence-corrected chi connectivity index (χ2v) is 6.93. The molecule has 1 aromatic carbocycles. The summed E-state index contributed by atoms with van der Waals surface area (Å²) in [6.45, 7) is 6.06. The number of aryl methyl sites for hydroxylation is 1. The molecule has 26 heavy (non-hydrogen) atoms. The van der Waals surface area contributed by atoms with Crippen molar-refractivity contribution in [2.45, 2.75) is 58.9 Å². The van der Waals surface area contributed by atoms with E-state index in [1.54, 1.807) is 20.2 Å². The Labute approximate surface area is 157 Å². The second-order valence-electron chi connectivity index (χ2n) is 6.93. The molecule has 1 unspecified atom stereocenters. The van der Waals surface area contributed by atoms with Gasteiger partial charge in [-0.25, -0.2) is 4.79 Å². The van der Waals surface area contributed by atoms with Crippen molar-refractivity contribution in [3.05, 3.63) is 23.8 Å². The number of nitrogens with zero attached hydrogens (tertiary/aromatic N) is 1. The molecule has 3 amide bonds. The number of benzene rings is 1. The van der Waals surface area contributed by atoms with Crippen molar-refractivity contribution in [3.63, 3.8) is 0 Å². The third-order valence-corrected chi connectivity index (χ3v) is 4.10. The fourth-order valence-electron chi connectivity index (χ4n) is 2.45. The average Bonchev–Trinajstić information content (AvgIpc) is 2.58. The van der Waals surface area contributed by atoms with Gasteiger partial charge in [-0.3, -0.25) is 4.79 Å². The largest absolute Gasteiger partial charge is 0.482 e. The van der Waals surface area contributed by atoms with Crippen LogP contribution in [-0.2, 0) is 4.79 Å². The van der Waals surface area contributed by atoms with E-state index >= 15 is 0 Å². The van der Waals surface area contributed by atoms with Gasteiger partial charge in [0.2, 0.25) is 0 Å². The first-order chi connectivity index (χ1) is 12.3. The smallest absolute Gasteiger partial charge is 0.319 e. The number of carbonyl (C=O) groups excluding carboxylic acids is 2. The molecule has 0 heterocycles. The molecule has 6 nitrogen and oxygen atoms in total. The Hall–Kier alpha value is -2.24. The van der Waals surface area contributed by atoms with Gasteiger partial charge in [-0.05, 0) is 38.0 Å². The summed E-state index contributed by atoms with van der Waals surface area (Å²) in [7, 11) is 3.35. The summed E-state index contributed by atoms with van der Waals surface area (Å²) in [5, 5.41) is 5.77. The highest BCUT2D eigenvalue weighted by molar-refractivity contribution is 5.91. The first-order valence-electron chi connectivity index (χ1n) is 9.34. The van der Waals surface area contributed by atoms with Gasteiger partial charge in [-0.2, -0.15) is 0 Å². The summed E-state index contributed by atoms with van der Waals surface area (Å²) in [5.41, 5.74) is 1.55. The first kappa shape index (κ1) is 21.8. The summed E-state index contributed by atoms with van der Waals surface area (Å²) in [6.07, 6.45) is 5.70. The van der Waals surface area contributed by atoms with Crippen molar-refractivity contribution < 1.29 is 14.3 Å². The van der Waals surface area contributed by atoms with Crippen molar-refractivity contribution in [3.8, 4) is 5.75 Å². The predicted octanol–water partition coefficient (Wildman–Crippen LogP) is 3.94. The molecule has 2 N–H and O–H groups in total. The number of hydrogen-bond donors (Lipinski definition) is 2. The molecule has 6 heteroatoms. The van der Waals surface area contributed by atoms with E-state index in [2.05, 4.69) is 17.6 Å². The minimum absolute atomic E-state index is 0.0689. The quantitative estimate of drug-likeness (QED) is 0.619. The van der Waals surface area contributed by atoms with Crippen molar-refractivity contribution in [2.75, 3.05) is 26.0 Å². The molecule has 1 aromatic rings. The highest BCUT2D eigenvalue weighted by atomic mass is 16.5. The Balaban J connectivity index is 2.59. The van der Waals surface area contributed by atoms with Crippen LogP contribution in [0, 0.1) is 6.92 Å². The maximum absolute atomic E-state index is 12.2. The van der Waals surface area contributed by atoms with Gasteiger partial charge in [0.05, 0.1) is 5.69 Å². The zero-order chi connectivity index (χ0) is 19.5. The van der Waals surface area contributed by atoms with Gasteiger partial charge in [-0.1, -0.05) is 38.7 Å². The van der Waals surface area contributed by atoms with Gasteiger partial charge in [0.25, 0.3) is 5.91 Å². The van der Waals surface area contributed by atoms with E-state index in [-0.39, 0.29) is 24.6 Å². The molecule has 0 aliphatic rings. The Bertz CT molecular complexity index is 588. The highest BCUT2D eigenvalue weighted by Gasteiger charge is 2.12. The summed E-state index contributed by atoms with van der Waals surface area (Å²) in [6, 6.07) is 5.34. The van der Waals surface area contributed by atoms with E-state index in [1.807, 2.05) is 26.0 Å². The number of carbonyl (C=O) groups is 2. The number of hydrogen-bond acceptors (Lipinski definition) is 3. The van der Waals surface area contributed by atoms with E-state index in [9.17, 15) is 9.59 Å². The standard InChI is InChI=1S/C20H33N3O3/c1-6-7-8-9-10-16(3)21-20(25)22-17-12-11-15(2)13-18(17)26-14-19(24)23(4)5/h11-13,16H,6-10,14H2,1-5H3,(H2,21,22,25). The molecule has 1 rings (SSSR count). The van der Waals surface area contributed by atoms with Crippen LogP contribution < -0.4 is 15.4 Å². The van der Waals surface area contributed by atoms with Crippen molar-refractivity contribution in [1.29, 1.82) is 0 Å². The molecular formula is C20H33N3O3. The number of urea groups is 1. The second kappa shape index (κ2) is 11.4. The normalized spacial score (nSPS) is 11.6. The molecule has 146 valence electrons. The van der Waals surface area contributed by atoms with E-state index < -0.39 is 0 Å². The number of anilines is 1. The molecule has 0 spiro atoms. The Morgan fingerprint density at radius 2 is 1.92 bits per heavy atom. The molecule has 0 radical (unpaired) electrons. The lowest BCUT2D eigenvalue weighted by Crippen LogP contribution is -2.36. The Morgan fingerprint density at radius 3 is 2.58 bits per heavy atom. The number of rotatable bonds is 10. The number of likely N-dealkylation sites (N-methyl/N-ethyl adjacent to an activating group) is 1. The summed E-state index contributed by atoms with van der Waals surface area (Å²) in [4.78, 5) is 25.4. The van der Waals surface area contributed by atoms with Crippen LogP contribution in [0.4, 0.5) is 10.5 Å². The van der Waals surface area contributed by atoms with Gasteiger partial charge in [-0.15, -0.1) is 0 Å². The van der Waals surface area contributed by atoms with Gasteiger partial charge in [0.15, 0.2) is 6.61 Å². The van der Waals surface area contributed by atoms with E-state index in [0.717, 1.165) is 18.4 Å². The minimum Gasteiger partial charge on any atom is -0.482 e. The summed E-state index contributed by atoms with van der Waals surface area (Å²) < 4.78 is 5.61. The van der Waals surface area contributed by atoms with Crippen LogP contribution in [0.25, 0.3) is 0 Å². The first-order valence-corrected chi connectivity index (χ1v) is 9.34. The van der Waals surface area contributed by atoms with E-state index in [1.165, 1.54) is 24.2 Å². The Morgan fingerprint density at radius 1 is 1.19 bits per heavy atom. The maximum atomic E-state index is 12.2. The van der Waals surface area contributed by atoms with Crippen molar-refractivity contribution >= 4 is 17.6 Å².